The highest BCUT2D eigenvalue weighted by molar-refractivity contribution is 9.10. The first-order valence-electron chi connectivity index (χ1n) is 21.8. The molecule has 0 fully saturated rings. The van der Waals surface area contributed by atoms with Gasteiger partial charge in [0.25, 0.3) is 0 Å². The summed E-state index contributed by atoms with van der Waals surface area (Å²) < 4.78 is 5.01. The van der Waals surface area contributed by atoms with Gasteiger partial charge >= 0.3 is 7.12 Å². The highest BCUT2D eigenvalue weighted by Gasteiger charge is 2.14. The molecule has 8 aromatic heterocycles. The highest BCUT2D eigenvalue weighted by atomic mass is 79.9. The third kappa shape index (κ3) is 11.7. The molecule has 10 rings (SSSR count). The number of fused-ring (bicyclic) bond motifs is 2. The normalized spacial score (nSPS) is 11.0. The Balaban J connectivity index is 0.000000155. The molecule has 12 nitrogen and oxygen atoms in total. The van der Waals surface area contributed by atoms with E-state index in [2.05, 4.69) is 88.3 Å². The Morgan fingerprint density at radius 2 is 1.04 bits per heavy atom. The van der Waals surface area contributed by atoms with Crippen LogP contribution in [0.4, 0.5) is 0 Å². The van der Waals surface area contributed by atoms with E-state index in [1.54, 1.807) is 24.4 Å². The van der Waals surface area contributed by atoms with E-state index in [0.29, 0.717) is 15.5 Å². The molecule has 16 heteroatoms. The van der Waals surface area contributed by atoms with Gasteiger partial charge in [-0.3, -0.25) is 38.7 Å². The molecule has 0 aliphatic rings. The molecule has 2 aromatic carbocycles. The largest absolute Gasteiger partial charge is 0.488 e. The summed E-state index contributed by atoms with van der Waals surface area (Å²) in [4.78, 5) is 36.2. The van der Waals surface area contributed by atoms with E-state index in [1.165, 1.54) is 22.8 Å². The zero-order valence-corrected chi connectivity index (χ0v) is 40.9. The minimum absolute atomic E-state index is 0.410. The topological polar surface area (TPSA) is 152 Å². The van der Waals surface area contributed by atoms with Crippen LogP contribution in [0, 0.1) is 27.7 Å². The number of benzene rings is 2. The van der Waals surface area contributed by atoms with E-state index in [9.17, 15) is 0 Å². The molecule has 0 aliphatic heterocycles. The molecular weight excluding hydrogens is 958 g/mol. The third-order valence-corrected chi connectivity index (χ3v) is 12.2. The number of aryl methyl sites for hydroxylation is 8. The molecule has 0 radical (unpaired) electrons. The average Bonchev–Trinajstić information content (AvgIpc) is 3.95. The van der Waals surface area contributed by atoms with E-state index in [4.69, 9.17) is 43.2 Å². The van der Waals surface area contributed by atoms with Crippen molar-refractivity contribution in [2.45, 2.75) is 53.4 Å². The maximum Gasteiger partial charge on any atom is 0.488 e. The second-order valence-electron chi connectivity index (χ2n) is 16.2. The van der Waals surface area contributed by atoms with Crippen LogP contribution in [0.1, 0.15) is 45.0 Å². The number of aromatic nitrogens is 10. The summed E-state index contributed by atoms with van der Waals surface area (Å²) in [6.07, 6.45) is 22.1. The Labute approximate surface area is 413 Å². The van der Waals surface area contributed by atoms with Crippen molar-refractivity contribution in [3.8, 4) is 33.8 Å². The van der Waals surface area contributed by atoms with E-state index >= 15 is 0 Å². The number of halogens is 3. The maximum absolute atomic E-state index is 8.65. The zero-order chi connectivity index (χ0) is 47.7. The molecule has 8 heterocycles. The highest BCUT2D eigenvalue weighted by Crippen LogP contribution is 2.27. The van der Waals surface area contributed by atoms with Gasteiger partial charge in [0.15, 0.2) is 11.3 Å². The van der Waals surface area contributed by atoms with Gasteiger partial charge in [0, 0.05) is 87.7 Å². The smallest absolute Gasteiger partial charge is 0.423 e. The van der Waals surface area contributed by atoms with Crippen molar-refractivity contribution >= 4 is 63.0 Å². The molecule has 0 atom stereocenters. The predicted molar refractivity (Wildman–Crippen MR) is 274 cm³/mol. The van der Waals surface area contributed by atoms with Crippen LogP contribution in [0.25, 0.3) is 45.1 Å². The number of nitrogens with zero attached hydrogens (tertiary/aromatic N) is 10. The summed E-state index contributed by atoms with van der Waals surface area (Å²) in [5, 5.41) is 18.5. The first-order chi connectivity index (χ1) is 32.9. The molecule has 0 unspecified atom stereocenters. The third-order valence-electron chi connectivity index (χ3n) is 11.1. The van der Waals surface area contributed by atoms with Gasteiger partial charge in [0.05, 0.1) is 40.9 Å². The van der Waals surface area contributed by atoms with Crippen LogP contribution in [0.3, 0.4) is 0 Å². The summed E-state index contributed by atoms with van der Waals surface area (Å²) >= 11 is 15.2. The quantitative estimate of drug-likeness (QED) is 0.127. The Morgan fingerprint density at radius 1 is 0.515 bits per heavy atom. The SMILES string of the molecule is Cc1cc(-c2ncc(CCc3nccn4c(-c5cccc(Cl)c5)cnc34)cc2C)ccn1.Cc1cc(-c2ncc(CCc3nccn4c(Br)cnc34)cc2C)ccn1.OB(O)c1cccc(Cl)c1. The fourth-order valence-electron chi connectivity index (χ4n) is 7.85. The molecule has 10 aromatic rings. The monoisotopic (exact) mass is 1000 g/mol. The molecule has 0 saturated heterocycles. The van der Waals surface area contributed by atoms with Gasteiger partial charge in [-0.15, -0.1) is 0 Å². The first-order valence-corrected chi connectivity index (χ1v) is 23.4. The molecule has 0 saturated carbocycles. The van der Waals surface area contributed by atoms with Gasteiger partial charge in [-0.2, -0.15) is 0 Å². The van der Waals surface area contributed by atoms with Crippen LogP contribution >= 0.6 is 39.1 Å². The maximum atomic E-state index is 8.65. The molecule has 0 aliphatic carbocycles. The second-order valence-corrected chi connectivity index (χ2v) is 17.9. The Morgan fingerprint density at radius 3 is 1.56 bits per heavy atom. The van der Waals surface area contributed by atoms with Crippen molar-refractivity contribution < 1.29 is 10.0 Å². The number of pyridine rings is 4. The zero-order valence-electron chi connectivity index (χ0n) is 37.8. The van der Waals surface area contributed by atoms with Crippen molar-refractivity contribution in [3.63, 3.8) is 0 Å². The Kier molecular flexibility index (Phi) is 15.4. The van der Waals surface area contributed by atoms with Crippen LogP contribution < -0.4 is 5.46 Å². The first kappa shape index (κ1) is 47.8. The number of imidazole rings is 2. The molecule has 0 spiro atoms. The number of hydrogen-bond donors (Lipinski definition) is 2. The lowest BCUT2D eigenvalue weighted by molar-refractivity contribution is 0.426. The lowest BCUT2D eigenvalue weighted by Crippen LogP contribution is -2.29. The standard InChI is InChI=1S/C26H22ClN5.C20H18BrN5.C6H6BClO2/c1-17-12-19(15-30-25(17)21-8-9-28-18(2)13-21)6-7-23-26-31-16-24(32(26)11-10-29-23)20-4-3-5-22(27)14-20;1-13-9-15(11-24-19(13)16-5-6-22-14(2)10-16)3-4-17-20-25-12-18(21)26(20)8-7-23-17;8-6-3-1-2-5(4-6)7(9)10/h3-5,8-16H,6-7H2,1-2H3;5-12H,3-4H2,1-2H3;1-4,9-10H. The van der Waals surface area contributed by atoms with Crippen LogP contribution in [0.2, 0.25) is 10.0 Å². The minimum atomic E-state index is -1.43. The average molecular weight is 1000 g/mol. The van der Waals surface area contributed by atoms with E-state index in [1.807, 2.05) is 110 Å². The van der Waals surface area contributed by atoms with Gasteiger partial charge in [-0.05, 0) is 146 Å². The molecule has 0 bridgehead atoms. The van der Waals surface area contributed by atoms with E-state index in [0.717, 1.165) is 104 Å². The van der Waals surface area contributed by atoms with Gasteiger partial charge in [0.2, 0.25) is 0 Å². The summed E-state index contributed by atoms with van der Waals surface area (Å²) in [6.45, 7) is 8.20. The van der Waals surface area contributed by atoms with Crippen molar-refractivity contribution in [2.75, 3.05) is 0 Å². The van der Waals surface area contributed by atoms with E-state index in [-0.39, 0.29) is 0 Å². The van der Waals surface area contributed by atoms with Gasteiger partial charge < -0.3 is 10.0 Å². The molecule has 2 N–H and O–H groups in total. The van der Waals surface area contributed by atoms with Crippen LogP contribution in [-0.4, -0.2) is 65.8 Å². The molecule has 0 amide bonds. The number of hydrogen-bond acceptors (Lipinski definition) is 10. The fourth-order valence-corrected chi connectivity index (χ4v) is 8.63. The second kappa shape index (κ2) is 22.0. The van der Waals surface area contributed by atoms with Crippen LogP contribution in [-0.2, 0) is 25.7 Å². The van der Waals surface area contributed by atoms with Crippen molar-refractivity contribution in [3.05, 3.63) is 207 Å². The van der Waals surface area contributed by atoms with Crippen molar-refractivity contribution in [1.82, 2.24) is 48.7 Å². The Hall–Kier alpha value is -6.68. The fraction of sp³-hybridized carbons (Fsp3) is 0.154. The summed E-state index contributed by atoms with van der Waals surface area (Å²) in [5.74, 6) is 0. The number of rotatable bonds is 10. The molecular formula is C52H46BBrCl2N10O2. The summed E-state index contributed by atoms with van der Waals surface area (Å²) in [7, 11) is -1.43. The van der Waals surface area contributed by atoms with Gasteiger partial charge in [-0.1, -0.05) is 59.6 Å². The summed E-state index contributed by atoms with van der Waals surface area (Å²) in [5.41, 5.74) is 17.1. The minimum Gasteiger partial charge on any atom is -0.423 e. The van der Waals surface area contributed by atoms with Crippen molar-refractivity contribution in [2.24, 2.45) is 0 Å². The van der Waals surface area contributed by atoms with E-state index < -0.39 is 7.12 Å². The van der Waals surface area contributed by atoms with Gasteiger partial charge in [0.1, 0.15) is 4.60 Å². The molecule has 340 valence electrons. The van der Waals surface area contributed by atoms with Crippen molar-refractivity contribution in [1.29, 1.82) is 0 Å². The lowest BCUT2D eigenvalue weighted by Gasteiger charge is -2.09. The summed E-state index contributed by atoms with van der Waals surface area (Å²) in [6, 6.07) is 26.8. The van der Waals surface area contributed by atoms with Gasteiger partial charge in [-0.25, -0.2) is 9.97 Å². The molecule has 68 heavy (non-hydrogen) atoms. The Bertz CT molecular complexity index is 3360. The predicted octanol–water partition coefficient (Wildman–Crippen LogP) is 10.3. The van der Waals surface area contributed by atoms with Crippen LogP contribution in [0.15, 0.2) is 152 Å². The van der Waals surface area contributed by atoms with Crippen LogP contribution in [0.5, 0.6) is 0 Å². The lowest BCUT2D eigenvalue weighted by atomic mass is 9.81.